The van der Waals surface area contributed by atoms with E-state index in [0.29, 0.717) is 5.56 Å². The number of carbonyl (C=O) groups is 2. The highest BCUT2D eigenvalue weighted by atomic mass is 16.6. The van der Waals surface area contributed by atoms with Gasteiger partial charge >= 0.3 is 0 Å². The maximum atomic E-state index is 11.8. The highest BCUT2D eigenvalue weighted by Crippen LogP contribution is 2.13. The summed E-state index contributed by atoms with van der Waals surface area (Å²) >= 11 is 0. The first-order valence-corrected chi connectivity index (χ1v) is 6.57. The molecule has 0 saturated carbocycles. The van der Waals surface area contributed by atoms with Crippen LogP contribution in [0.15, 0.2) is 48.5 Å². The smallest absolute Gasteiger partial charge is 0.270 e. The molecule has 23 heavy (non-hydrogen) atoms. The van der Waals surface area contributed by atoms with Gasteiger partial charge < -0.3 is 5.11 Å². The number of non-ortho nitro benzene ring substituents is 1. The fourth-order valence-corrected chi connectivity index (χ4v) is 1.86. The van der Waals surface area contributed by atoms with Crippen LogP contribution >= 0.6 is 0 Å². The summed E-state index contributed by atoms with van der Waals surface area (Å²) < 4.78 is 0. The van der Waals surface area contributed by atoms with Gasteiger partial charge in [-0.05, 0) is 23.8 Å². The second-order valence-electron chi connectivity index (χ2n) is 4.66. The zero-order valence-electron chi connectivity index (χ0n) is 11.9. The van der Waals surface area contributed by atoms with E-state index in [1.165, 1.54) is 30.3 Å². The SMILES string of the molecule is O=C(Cc1cccc(O)c1)NNC(=O)c1cccc([N+](=O)[O-])c1. The molecule has 0 radical (unpaired) electrons. The van der Waals surface area contributed by atoms with Crippen LogP contribution < -0.4 is 10.9 Å². The van der Waals surface area contributed by atoms with Crippen molar-refractivity contribution in [2.45, 2.75) is 6.42 Å². The summed E-state index contributed by atoms with van der Waals surface area (Å²) in [5.41, 5.74) is 4.79. The molecule has 0 fully saturated rings. The highest BCUT2D eigenvalue weighted by molar-refractivity contribution is 5.96. The Hall–Kier alpha value is -3.42. The zero-order chi connectivity index (χ0) is 16.8. The number of nitro benzene ring substituents is 1. The van der Waals surface area contributed by atoms with Crippen molar-refractivity contribution in [3.63, 3.8) is 0 Å². The number of phenols is 1. The van der Waals surface area contributed by atoms with Crippen LogP contribution in [0.25, 0.3) is 0 Å². The van der Waals surface area contributed by atoms with Gasteiger partial charge in [-0.2, -0.15) is 0 Å². The van der Waals surface area contributed by atoms with Crippen molar-refractivity contribution in [2.75, 3.05) is 0 Å². The van der Waals surface area contributed by atoms with Gasteiger partial charge in [-0.25, -0.2) is 0 Å². The molecule has 0 spiro atoms. The molecular formula is C15H13N3O5. The number of nitro groups is 1. The van der Waals surface area contributed by atoms with Crippen molar-refractivity contribution in [1.82, 2.24) is 10.9 Å². The van der Waals surface area contributed by atoms with E-state index < -0.39 is 16.7 Å². The number of hydrogen-bond acceptors (Lipinski definition) is 5. The molecule has 0 bridgehead atoms. The van der Waals surface area contributed by atoms with E-state index >= 15 is 0 Å². The Morgan fingerprint density at radius 3 is 2.52 bits per heavy atom. The molecule has 0 unspecified atom stereocenters. The number of hydrogen-bond donors (Lipinski definition) is 3. The molecule has 2 aromatic rings. The molecule has 0 aromatic heterocycles. The first-order valence-electron chi connectivity index (χ1n) is 6.57. The van der Waals surface area contributed by atoms with Crippen molar-refractivity contribution in [3.8, 4) is 5.75 Å². The van der Waals surface area contributed by atoms with Crippen LogP contribution in [-0.2, 0) is 11.2 Å². The Bertz CT molecular complexity index is 760. The van der Waals surface area contributed by atoms with E-state index in [4.69, 9.17) is 0 Å². The van der Waals surface area contributed by atoms with Crippen molar-refractivity contribution in [1.29, 1.82) is 0 Å². The van der Waals surface area contributed by atoms with Gasteiger partial charge in [0.1, 0.15) is 5.75 Å². The summed E-state index contributed by atoms with van der Waals surface area (Å²) in [5.74, 6) is -1.12. The molecule has 2 rings (SSSR count). The Balaban J connectivity index is 1.92. The van der Waals surface area contributed by atoms with Gasteiger partial charge in [-0.3, -0.25) is 30.6 Å². The van der Waals surface area contributed by atoms with Gasteiger partial charge in [0.2, 0.25) is 5.91 Å². The van der Waals surface area contributed by atoms with Gasteiger partial charge in [-0.15, -0.1) is 0 Å². The molecule has 0 aliphatic carbocycles. The second kappa shape index (κ2) is 7.03. The van der Waals surface area contributed by atoms with E-state index in [2.05, 4.69) is 10.9 Å². The van der Waals surface area contributed by atoms with Gasteiger partial charge in [0.15, 0.2) is 0 Å². The Morgan fingerprint density at radius 2 is 1.83 bits per heavy atom. The number of nitrogens with zero attached hydrogens (tertiary/aromatic N) is 1. The van der Waals surface area contributed by atoms with E-state index in [1.807, 2.05) is 0 Å². The van der Waals surface area contributed by atoms with Crippen molar-refractivity contribution in [2.24, 2.45) is 0 Å². The molecule has 0 aliphatic rings. The van der Waals surface area contributed by atoms with E-state index in [1.54, 1.807) is 12.1 Å². The number of rotatable bonds is 4. The molecule has 8 nitrogen and oxygen atoms in total. The summed E-state index contributed by atoms with van der Waals surface area (Å²) in [7, 11) is 0. The van der Waals surface area contributed by atoms with Crippen molar-refractivity contribution >= 4 is 17.5 Å². The molecular weight excluding hydrogens is 302 g/mol. The number of phenolic OH excluding ortho intramolecular Hbond substituents is 1. The zero-order valence-corrected chi connectivity index (χ0v) is 11.9. The summed E-state index contributed by atoms with van der Waals surface area (Å²) in [4.78, 5) is 33.6. The first-order chi connectivity index (χ1) is 11.0. The fourth-order valence-electron chi connectivity index (χ4n) is 1.86. The van der Waals surface area contributed by atoms with Gasteiger partial charge in [0.25, 0.3) is 11.6 Å². The Morgan fingerprint density at radius 1 is 1.09 bits per heavy atom. The van der Waals surface area contributed by atoms with Crippen molar-refractivity contribution in [3.05, 3.63) is 69.8 Å². The number of amides is 2. The minimum absolute atomic E-state index is 0.0379. The summed E-state index contributed by atoms with van der Waals surface area (Å²) in [6.07, 6.45) is -0.0381. The van der Waals surface area contributed by atoms with Crippen molar-refractivity contribution < 1.29 is 19.6 Å². The van der Waals surface area contributed by atoms with Crippen LogP contribution in [0.4, 0.5) is 5.69 Å². The standard InChI is InChI=1S/C15H13N3O5/c19-13-6-1-3-10(7-13)8-14(20)16-17-15(21)11-4-2-5-12(9-11)18(22)23/h1-7,9,19H,8H2,(H,16,20)(H,17,21). The molecule has 118 valence electrons. The van der Waals surface area contributed by atoms with Crippen LogP contribution in [0, 0.1) is 10.1 Å². The molecule has 0 heterocycles. The lowest BCUT2D eigenvalue weighted by atomic mass is 10.1. The Kier molecular flexibility index (Phi) is 4.88. The number of aromatic hydroxyl groups is 1. The van der Waals surface area contributed by atoms with E-state index in [-0.39, 0.29) is 23.4 Å². The molecule has 0 atom stereocenters. The lowest BCUT2D eigenvalue weighted by molar-refractivity contribution is -0.384. The summed E-state index contributed by atoms with van der Waals surface area (Å²) in [6.45, 7) is 0. The molecule has 2 amide bonds. The minimum atomic E-state index is -0.669. The lowest BCUT2D eigenvalue weighted by Gasteiger charge is -2.07. The normalized spacial score (nSPS) is 9.91. The first kappa shape index (κ1) is 16.0. The molecule has 0 saturated heterocycles. The monoisotopic (exact) mass is 315 g/mol. The average Bonchev–Trinajstić information content (AvgIpc) is 2.52. The average molecular weight is 315 g/mol. The molecule has 3 N–H and O–H groups in total. The number of nitrogens with one attached hydrogen (secondary N) is 2. The van der Waals surface area contributed by atoms with Crippen LogP contribution in [0.5, 0.6) is 5.75 Å². The molecule has 8 heteroatoms. The summed E-state index contributed by atoms with van der Waals surface area (Å²) in [5, 5.41) is 20.0. The third-order valence-corrected chi connectivity index (χ3v) is 2.91. The van der Waals surface area contributed by atoms with Gasteiger partial charge in [0.05, 0.1) is 11.3 Å². The second-order valence-corrected chi connectivity index (χ2v) is 4.66. The molecule has 0 aliphatic heterocycles. The number of hydrazine groups is 1. The maximum absolute atomic E-state index is 11.8. The maximum Gasteiger partial charge on any atom is 0.270 e. The fraction of sp³-hybridized carbons (Fsp3) is 0.0667. The van der Waals surface area contributed by atoms with E-state index in [9.17, 15) is 24.8 Å². The predicted octanol–water partition coefficient (Wildman–Crippen LogP) is 1.30. The molecule has 2 aromatic carbocycles. The largest absolute Gasteiger partial charge is 0.508 e. The third kappa shape index (κ3) is 4.53. The van der Waals surface area contributed by atoms with Crippen LogP contribution in [-0.4, -0.2) is 21.8 Å². The minimum Gasteiger partial charge on any atom is -0.508 e. The quantitative estimate of drug-likeness (QED) is 0.580. The van der Waals surface area contributed by atoms with Gasteiger partial charge in [0, 0.05) is 17.7 Å². The van der Waals surface area contributed by atoms with Crippen LogP contribution in [0.1, 0.15) is 15.9 Å². The topological polar surface area (TPSA) is 122 Å². The highest BCUT2D eigenvalue weighted by Gasteiger charge is 2.12. The number of carbonyl (C=O) groups excluding carboxylic acids is 2. The van der Waals surface area contributed by atoms with Crippen LogP contribution in [0.2, 0.25) is 0 Å². The van der Waals surface area contributed by atoms with E-state index in [0.717, 1.165) is 6.07 Å². The predicted molar refractivity (Wildman–Crippen MR) is 80.5 cm³/mol. The third-order valence-electron chi connectivity index (χ3n) is 2.91. The Labute approximate surface area is 130 Å². The lowest BCUT2D eigenvalue weighted by Crippen LogP contribution is -2.42. The van der Waals surface area contributed by atoms with Crippen LogP contribution in [0.3, 0.4) is 0 Å². The number of benzene rings is 2. The van der Waals surface area contributed by atoms with Gasteiger partial charge in [-0.1, -0.05) is 18.2 Å². The summed E-state index contributed by atoms with van der Waals surface area (Å²) in [6, 6.07) is 11.3.